The lowest BCUT2D eigenvalue weighted by Gasteiger charge is -1.89. The van der Waals surface area contributed by atoms with Crippen LogP contribution in [0.25, 0.3) is 0 Å². The molecule has 0 aliphatic carbocycles. The Kier molecular flexibility index (Phi) is 2.16. The van der Waals surface area contributed by atoms with Gasteiger partial charge in [0.25, 0.3) is 6.20 Å². The van der Waals surface area contributed by atoms with Gasteiger partial charge < -0.3 is 5.32 Å². The van der Waals surface area contributed by atoms with Gasteiger partial charge >= 0.3 is 0 Å². The Morgan fingerprint density at radius 2 is 2.70 bits per heavy atom. The van der Waals surface area contributed by atoms with Crippen LogP contribution < -0.4 is 5.32 Å². The number of nitrogens with zero attached hydrogens (tertiary/aromatic N) is 1. The summed E-state index contributed by atoms with van der Waals surface area (Å²) in [5.74, 6) is 0. The van der Waals surface area contributed by atoms with Crippen LogP contribution >= 0.6 is 11.8 Å². The highest BCUT2D eigenvalue weighted by Crippen LogP contribution is 2.24. The van der Waals surface area contributed by atoms with Gasteiger partial charge in [0.15, 0.2) is 0 Å². The maximum Gasteiger partial charge on any atom is 0.263 e. The summed E-state index contributed by atoms with van der Waals surface area (Å²) < 4.78 is 0. The predicted molar refractivity (Wildman–Crippen MR) is 40.1 cm³/mol. The zero-order chi connectivity index (χ0) is 7.56. The number of nitrogens with one attached hydrogen (secondary N) is 1. The zero-order valence-corrected chi connectivity index (χ0v) is 6.35. The third-order valence-corrected chi connectivity index (χ3v) is 2.19. The van der Waals surface area contributed by atoms with Crippen LogP contribution in [-0.2, 0) is 0 Å². The third kappa shape index (κ3) is 1.91. The molecular weight excluding hydrogens is 152 g/mol. The summed E-state index contributed by atoms with van der Waals surface area (Å²) in [5.41, 5.74) is 0. The van der Waals surface area contributed by atoms with Crippen molar-refractivity contribution in [1.29, 1.82) is 0 Å². The molecule has 5 heteroatoms. The lowest BCUT2D eigenvalue weighted by molar-refractivity contribution is -0.403. The Bertz CT molecular complexity index is 180. The normalized spacial score (nSPS) is 28.5. The van der Waals surface area contributed by atoms with Gasteiger partial charge in [0.2, 0.25) is 0 Å². The monoisotopic (exact) mass is 160 g/mol. The van der Waals surface area contributed by atoms with Crippen molar-refractivity contribution < 1.29 is 4.92 Å². The molecule has 0 radical (unpaired) electrons. The summed E-state index contributed by atoms with van der Waals surface area (Å²) >= 11 is 1.50. The molecule has 1 N–H and O–H groups in total. The average molecular weight is 160 g/mol. The average Bonchev–Trinajstić information content (AvgIpc) is 2.13. The van der Waals surface area contributed by atoms with Crippen molar-refractivity contribution in [1.82, 2.24) is 5.32 Å². The second-order valence-electron chi connectivity index (χ2n) is 2.09. The fourth-order valence-corrected chi connectivity index (χ4v) is 1.63. The maximum atomic E-state index is 9.94. The Morgan fingerprint density at radius 1 is 2.00 bits per heavy atom. The van der Waals surface area contributed by atoms with E-state index in [2.05, 4.69) is 5.32 Å². The van der Waals surface area contributed by atoms with Crippen LogP contribution in [0.15, 0.2) is 11.2 Å². The van der Waals surface area contributed by atoms with Gasteiger partial charge in [-0.25, -0.2) is 0 Å². The van der Waals surface area contributed by atoms with Gasteiger partial charge in [0, 0.05) is 11.8 Å². The van der Waals surface area contributed by atoms with Crippen LogP contribution in [0.4, 0.5) is 0 Å². The van der Waals surface area contributed by atoms with Crippen molar-refractivity contribution in [2.75, 3.05) is 6.54 Å². The van der Waals surface area contributed by atoms with Crippen molar-refractivity contribution in [3.8, 4) is 0 Å². The van der Waals surface area contributed by atoms with Crippen LogP contribution in [0.1, 0.15) is 6.92 Å². The number of nitro groups is 1. The maximum absolute atomic E-state index is 9.94. The molecule has 0 spiro atoms. The highest BCUT2D eigenvalue weighted by atomic mass is 32.2. The fraction of sp³-hybridized carbons (Fsp3) is 0.600. The fourth-order valence-electron chi connectivity index (χ4n) is 0.716. The topological polar surface area (TPSA) is 55.2 Å². The van der Waals surface area contributed by atoms with Crippen molar-refractivity contribution in [2.24, 2.45) is 0 Å². The number of rotatable bonds is 1. The number of thioether (sulfide) groups is 1. The lowest BCUT2D eigenvalue weighted by atomic mass is 10.5. The summed E-state index contributed by atoms with van der Waals surface area (Å²) in [6.07, 6.45) is 1.01. The number of hydrogen-bond acceptors (Lipinski definition) is 4. The third-order valence-electron chi connectivity index (χ3n) is 1.11. The first-order chi connectivity index (χ1) is 4.68. The van der Waals surface area contributed by atoms with Crippen LogP contribution in [0, 0.1) is 10.1 Å². The molecule has 0 bridgehead atoms. The van der Waals surface area contributed by atoms with Gasteiger partial charge in [0.05, 0.1) is 4.92 Å². The Balaban J connectivity index is 2.51. The molecule has 0 amide bonds. The zero-order valence-electron chi connectivity index (χ0n) is 5.53. The molecule has 1 heterocycles. The quantitative estimate of drug-likeness (QED) is 0.455. The minimum Gasteiger partial charge on any atom is -0.374 e. The molecule has 1 aliphatic heterocycles. The Morgan fingerprint density at radius 3 is 3.10 bits per heavy atom. The van der Waals surface area contributed by atoms with E-state index in [1.165, 1.54) is 11.8 Å². The molecule has 4 nitrogen and oxygen atoms in total. The van der Waals surface area contributed by atoms with Gasteiger partial charge in [-0.05, 0) is 0 Å². The molecule has 0 aromatic rings. The smallest absolute Gasteiger partial charge is 0.263 e. The summed E-state index contributed by atoms with van der Waals surface area (Å²) in [5, 5.41) is 14.0. The molecule has 56 valence electrons. The van der Waals surface area contributed by atoms with E-state index in [0.29, 0.717) is 10.3 Å². The molecule has 1 aliphatic rings. The van der Waals surface area contributed by atoms with E-state index in [-0.39, 0.29) is 0 Å². The summed E-state index contributed by atoms with van der Waals surface area (Å²) in [6, 6.07) is 0. The first-order valence-corrected chi connectivity index (χ1v) is 3.82. The van der Waals surface area contributed by atoms with Gasteiger partial charge in [0.1, 0.15) is 5.03 Å². The molecule has 0 aromatic heterocycles. The van der Waals surface area contributed by atoms with E-state index in [0.717, 1.165) is 12.7 Å². The second kappa shape index (κ2) is 2.92. The van der Waals surface area contributed by atoms with Crippen molar-refractivity contribution in [3.05, 3.63) is 21.3 Å². The summed E-state index contributed by atoms with van der Waals surface area (Å²) in [7, 11) is 0. The Labute approximate surface area is 62.8 Å². The highest BCUT2D eigenvalue weighted by molar-refractivity contribution is 8.03. The van der Waals surface area contributed by atoms with E-state index in [9.17, 15) is 10.1 Å². The van der Waals surface area contributed by atoms with Gasteiger partial charge in [-0.2, -0.15) is 0 Å². The van der Waals surface area contributed by atoms with Gasteiger partial charge in [-0.15, -0.1) is 0 Å². The molecule has 1 unspecified atom stereocenters. The molecule has 1 fully saturated rings. The van der Waals surface area contributed by atoms with Gasteiger partial charge in [-0.1, -0.05) is 18.7 Å². The van der Waals surface area contributed by atoms with E-state index < -0.39 is 4.92 Å². The standard InChI is InChI=1S/C5H8N2O2S/c1-4-2-6-5(10-4)3-7(8)9/h3-4,6H,2H2,1H3/b5-3+. The minimum atomic E-state index is -0.437. The predicted octanol–water partition coefficient (Wildman–Crippen LogP) is 0.787. The molecule has 10 heavy (non-hydrogen) atoms. The first-order valence-electron chi connectivity index (χ1n) is 2.94. The van der Waals surface area contributed by atoms with E-state index in [1.807, 2.05) is 6.92 Å². The van der Waals surface area contributed by atoms with E-state index >= 15 is 0 Å². The molecule has 0 saturated carbocycles. The van der Waals surface area contributed by atoms with Gasteiger partial charge in [-0.3, -0.25) is 10.1 Å². The Hall–Kier alpha value is -0.710. The van der Waals surface area contributed by atoms with Crippen molar-refractivity contribution >= 4 is 11.8 Å². The largest absolute Gasteiger partial charge is 0.374 e. The number of hydrogen-bond donors (Lipinski definition) is 1. The summed E-state index contributed by atoms with van der Waals surface area (Å²) in [4.78, 5) is 9.50. The SMILES string of the molecule is CC1CN/C(=C\[N+](=O)[O-])S1. The van der Waals surface area contributed by atoms with Crippen molar-refractivity contribution in [3.63, 3.8) is 0 Å². The first kappa shape index (κ1) is 7.40. The van der Waals surface area contributed by atoms with Crippen molar-refractivity contribution in [2.45, 2.75) is 12.2 Å². The molecule has 1 atom stereocenters. The highest BCUT2D eigenvalue weighted by Gasteiger charge is 2.16. The minimum absolute atomic E-state index is 0.437. The van der Waals surface area contributed by atoms with E-state index in [1.54, 1.807) is 0 Å². The van der Waals surface area contributed by atoms with E-state index in [4.69, 9.17) is 0 Å². The molecule has 0 aromatic carbocycles. The molecular formula is C5H8N2O2S. The lowest BCUT2D eigenvalue weighted by Crippen LogP contribution is -2.09. The second-order valence-corrected chi connectivity index (χ2v) is 3.57. The van der Waals surface area contributed by atoms with Crippen LogP contribution in [-0.4, -0.2) is 16.7 Å². The molecule has 1 rings (SSSR count). The summed E-state index contributed by atoms with van der Waals surface area (Å²) in [6.45, 7) is 2.85. The van der Waals surface area contributed by atoms with Crippen LogP contribution in [0.5, 0.6) is 0 Å². The van der Waals surface area contributed by atoms with Crippen LogP contribution in [0.2, 0.25) is 0 Å². The van der Waals surface area contributed by atoms with Crippen LogP contribution in [0.3, 0.4) is 0 Å². The molecule has 1 saturated heterocycles.